The van der Waals surface area contributed by atoms with Gasteiger partial charge in [-0.25, -0.2) is 13.6 Å². The summed E-state index contributed by atoms with van der Waals surface area (Å²) < 4.78 is 29.3. The van der Waals surface area contributed by atoms with E-state index in [2.05, 4.69) is 5.32 Å². The van der Waals surface area contributed by atoms with Crippen LogP contribution in [0.2, 0.25) is 0 Å². The van der Waals surface area contributed by atoms with Crippen LogP contribution in [0.15, 0.2) is 0 Å². The maximum atomic E-state index is 12.2. The molecule has 0 aliphatic carbocycles. The second-order valence-electron chi connectivity index (χ2n) is 4.49. The average Bonchev–Trinajstić information content (AvgIpc) is 2.09. The van der Waals surface area contributed by atoms with E-state index in [1.807, 2.05) is 0 Å². The van der Waals surface area contributed by atoms with Crippen LogP contribution < -0.4 is 5.32 Å². The van der Waals surface area contributed by atoms with E-state index in [0.29, 0.717) is 0 Å². The molecule has 0 aromatic rings. The largest absolute Gasteiger partial charge is 0.444 e. The van der Waals surface area contributed by atoms with E-state index < -0.39 is 30.3 Å². The highest BCUT2D eigenvalue weighted by atomic mass is 19.3. The molecular weight excluding hydrogens is 220 g/mol. The minimum Gasteiger partial charge on any atom is -0.444 e. The molecule has 0 fully saturated rings. The number of aliphatic hydroxyl groups is 1. The van der Waals surface area contributed by atoms with Crippen molar-refractivity contribution in [1.82, 2.24) is 5.32 Å². The molecule has 2 N–H and O–H groups in total. The molecule has 2 unspecified atom stereocenters. The molecule has 0 aliphatic heterocycles. The highest BCUT2D eigenvalue weighted by molar-refractivity contribution is 5.68. The van der Waals surface area contributed by atoms with Crippen molar-refractivity contribution < 1.29 is 23.4 Å². The van der Waals surface area contributed by atoms with E-state index in [-0.39, 0.29) is 6.42 Å². The lowest BCUT2D eigenvalue weighted by Crippen LogP contribution is -2.47. The fourth-order valence-corrected chi connectivity index (χ4v) is 1.06. The minimum absolute atomic E-state index is 0.199. The molecular formula is C10H19F2NO3. The molecule has 0 saturated carbocycles. The van der Waals surface area contributed by atoms with Gasteiger partial charge in [-0.15, -0.1) is 0 Å². The van der Waals surface area contributed by atoms with E-state index in [1.54, 1.807) is 27.7 Å². The van der Waals surface area contributed by atoms with Crippen LogP contribution >= 0.6 is 0 Å². The Morgan fingerprint density at radius 2 is 1.94 bits per heavy atom. The Labute approximate surface area is 94.0 Å². The van der Waals surface area contributed by atoms with Crippen molar-refractivity contribution >= 4 is 6.09 Å². The topological polar surface area (TPSA) is 58.6 Å². The van der Waals surface area contributed by atoms with Crippen LogP contribution in [0.4, 0.5) is 13.6 Å². The summed E-state index contributed by atoms with van der Waals surface area (Å²) in [6.45, 7) is 6.58. The van der Waals surface area contributed by atoms with Gasteiger partial charge in [0.25, 0.3) is 6.43 Å². The molecule has 1 amide bonds. The highest BCUT2D eigenvalue weighted by Gasteiger charge is 2.29. The summed E-state index contributed by atoms with van der Waals surface area (Å²) in [7, 11) is 0. The van der Waals surface area contributed by atoms with E-state index in [1.165, 1.54) is 0 Å². The Balaban J connectivity index is 4.28. The summed E-state index contributed by atoms with van der Waals surface area (Å²) >= 11 is 0. The highest BCUT2D eigenvalue weighted by Crippen LogP contribution is 2.11. The Kier molecular flexibility index (Phi) is 5.64. The summed E-state index contributed by atoms with van der Waals surface area (Å²) in [5, 5.41) is 11.3. The van der Waals surface area contributed by atoms with Crippen LogP contribution in [0.5, 0.6) is 0 Å². The van der Waals surface area contributed by atoms with Crippen molar-refractivity contribution in [3.63, 3.8) is 0 Å². The molecule has 0 aliphatic rings. The van der Waals surface area contributed by atoms with Gasteiger partial charge in [0, 0.05) is 0 Å². The Morgan fingerprint density at radius 3 is 2.25 bits per heavy atom. The average molecular weight is 239 g/mol. The number of nitrogens with one attached hydrogen (secondary N) is 1. The molecule has 2 atom stereocenters. The smallest absolute Gasteiger partial charge is 0.407 e. The SMILES string of the molecule is CCC(NC(=O)OC(C)(C)C)C(O)C(F)F. The maximum Gasteiger partial charge on any atom is 0.407 e. The van der Waals surface area contributed by atoms with Crippen molar-refractivity contribution in [2.24, 2.45) is 0 Å². The lowest BCUT2D eigenvalue weighted by atomic mass is 10.1. The summed E-state index contributed by atoms with van der Waals surface area (Å²) in [6, 6.07) is -1.00. The first-order valence-corrected chi connectivity index (χ1v) is 5.13. The van der Waals surface area contributed by atoms with Gasteiger partial charge in [0.1, 0.15) is 11.7 Å². The normalized spacial score (nSPS) is 15.8. The van der Waals surface area contributed by atoms with E-state index in [0.717, 1.165) is 0 Å². The number of halogens is 2. The molecule has 0 aromatic carbocycles. The van der Waals surface area contributed by atoms with Gasteiger partial charge in [-0.3, -0.25) is 0 Å². The Hall–Kier alpha value is -0.910. The number of aliphatic hydroxyl groups excluding tert-OH is 1. The zero-order valence-corrected chi connectivity index (χ0v) is 9.96. The first-order chi connectivity index (χ1) is 7.17. The van der Waals surface area contributed by atoms with Crippen molar-refractivity contribution in [3.05, 3.63) is 0 Å². The number of hydrogen-bond acceptors (Lipinski definition) is 3. The maximum absolute atomic E-state index is 12.2. The molecule has 0 radical (unpaired) electrons. The van der Waals surface area contributed by atoms with E-state index in [4.69, 9.17) is 9.84 Å². The monoisotopic (exact) mass is 239 g/mol. The second-order valence-corrected chi connectivity index (χ2v) is 4.49. The third kappa shape index (κ3) is 5.85. The number of hydrogen-bond donors (Lipinski definition) is 2. The van der Waals surface area contributed by atoms with Gasteiger partial charge in [0.15, 0.2) is 0 Å². The lowest BCUT2D eigenvalue weighted by molar-refractivity contribution is -0.0292. The number of carbonyl (C=O) groups is 1. The van der Waals surface area contributed by atoms with Crippen LogP contribution in [0.1, 0.15) is 34.1 Å². The van der Waals surface area contributed by atoms with Gasteiger partial charge in [-0.1, -0.05) is 6.92 Å². The summed E-state index contributed by atoms with van der Waals surface area (Å²) in [6.07, 6.45) is -5.37. The molecule has 4 nitrogen and oxygen atoms in total. The number of ether oxygens (including phenoxy) is 1. The summed E-state index contributed by atoms with van der Waals surface area (Å²) in [4.78, 5) is 11.3. The third-order valence-electron chi connectivity index (χ3n) is 1.81. The molecule has 0 aromatic heterocycles. The number of rotatable bonds is 4. The summed E-state index contributed by atoms with van der Waals surface area (Å²) in [5.74, 6) is 0. The van der Waals surface area contributed by atoms with Gasteiger partial charge in [-0.2, -0.15) is 0 Å². The van der Waals surface area contributed by atoms with Gasteiger partial charge in [0.05, 0.1) is 6.04 Å². The van der Waals surface area contributed by atoms with Gasteiger partial charge in [0.2, 0.25) is 0 Å². The Morgan fingerprint density at radius 1 is 1.44 bits per heavy atom. The quantitative estimate of drug-likeness (QED) is 0.788. The fraction of sp³-hybridized carbons (Fsp3) is 0.900. The first kappa shape index (κ1) is 15.1. The third-order valence-corrected chi connectivity index (χ3v) is 1.81. The number of alkyl halides is 2. The van der Waals surface area contributed by atoms with E-state index in [9.17, 15) is 13.6 Å². The second kappa shape index (κ2) is 5.98. The van der Waals surface area contributed by atoms with Crippen LogP contribution in [0, 0.1) is 0 Å². The van der Waals surface area contributed by atoms with Gasteiger partial charge < -0.3 is 15.2 Å². The standard InChI is InChI=1S/C10H19F2NO3/c1-5-6(7(14)8(11)12)13-9(15)16-10(2,3)4/h6-8,14H,5H2,1-4H3,(H,13,15). The Bertz CT molecular complexity index is 229. The number of carbonyl (C=O) groups excluding carboxylic acids is 1. The van der Waals surface area contributed by atoms with Crippen molar-refractivity contribution in [2.75, 3.05) is 0 Å². The number of alkyl carbamates (subject to hydrolysis) is 1. The molecule has 0 spiro atoms. The molecule has 16 heavy (non-hydrogen) atoms. The predicted molar refractivity (Wildman–Crippen MR) is 55.5 cm³/mol. The van der Waals surface area contributed by atoms with Crippen molar-refractivity contribution in [3.8, 4) is 0 Å². The lowest BCUT2D eigenvalue weighted by Gasteiger charge is -2.25. The minimum atomic E-state index is -2.89. The molecule has 0 saturated heterocycles. The van der Waals surface area contributed by atoms with Crippen molar-refractivity contribution in [1.29, 1.82) is 0 Å². The van der Waals surface area contributed by atoms with Crippen molar-refractivity contribution in [2.45, 2.75) is 58.3 Å². The van der Waals surface area contributed by atoms with E-state index >= 15 is 0 Å². The van der Waals surface area contributed by atoms with Crippen LogP contribution in [-0.2, 0) is 4.74 Å². The summed E-state index contributed by atoms with van der Waals surface area (Å²) in [5.41, 5.74) is -0.696. The first-order valence-electron chi connectivity index (χ1n) is 5.13. The number of amides is 1. The molecule has 96 valence electrons. The zero-order valence-electron chi connectivity index (χ0n) is 9.96. The van der Waals surface area contributed by atoms with Crippen LogP contribution in [-0.4, -0.2) is 35.4 Å². The van der Waals surface area contributed by atoms with Gasteiger partial charge in [-0.05, 0) is 27.2 Å². The zero-order chi connectivity index (χ0) is 12.9. The van der Waals surface area contributed by atoms with Crippen LogP contribution in [0.3, 0.4) is 0 Å². The fourth-order valence-electron chi connectivity index (χ4n) is 1.06. The molecule has 0 rings (SSSR count). The molecule has 6 heteroatoms. The van der Waals surface area contributed by atoms with Crippen LogP contribution in [0.25, 0.3) is 0 Å². The molecule has 0 bridgehead atoms. The predicted octanol–water partition coefficient (Wildman–Crippen LogP) is 1.92. The van der Waals surface area contributed by atoms with Gasteiger partial charge >= 0.3 is 6.09 Å². The molecule has 0 heterocycles.